The molecule has 1 N–H and O–H groups in total. The number of aromatic nitrogens is 4. The molecule has 0 aliphatic carbocycles. The van der Waals surface area contributed by atoms with Gasteiger partial charge in [-0.1, -0.05) is 13.8 Å². The number of halogens is 1. The van der Waals surface area contributed by atoms with Crippen molar-refractivity contribution in [1.82, 2.24) is 20.2 Å². The molecule has 0 aliphatic rings. The lowest BCUT2D eigenvalue weighted by Crippen LogP contribution is -2.21. The van der Waals surface area contributed by atoms with Crippen LogP contribution in [0.1, 0.15) is 31.9 Å². The number of rotatable bonds is 5. The maximum atomic E-state index is 13.2. The average Bonchev–Trinajstić information content (AvgIpc) is 2.84. The highest BCUT2D eigenvalue weighted by atomic mass is 19.1. The van der Waals surface area contributed by atoms with E-state index in [1.165, 1.54) is 16.8 Å². The van der Waals surface area contributed by atoms with Crippen LogP contribution in [-0.2, 0) is 4.79 Å². The molecule has 0 amide bonds. The fourth-order valence-electron chi connectivity index (χ4n) is 2.26. The zero-order valence-corrected chi connectivity index (χ0v) is 12.1. The number of nitrogens with zero attached hydrogens (tertiary/aromatic N) is 4. The summed E-state index contributed by atoms with van der Waals surface area (Å²) in [5.41, 5.74) is 1.39. The largest absolute Gasteiger partial charge is 0.481 e. The van der Waals surface area contributed by atoms with E-state index in [1.54, 1.807) is 13.0 Å². The number of carbonyl (C=O) groups is 1. The molecule has 1 heterocycles. The third kappa shape index (κ3) is 3.24. The third-order valence-electron chi connectivity index (χ3n) is 3.39. The average molecular weight is 292 g/mol. The molecule has 2 aromatic rings. The Balaban J connectivity index is 2.48. The normalized spacial score (nSPS) is 12.6. The van der Waals surface area contributed by atoms with Crippen molar-refractivity contribution in [2.24, 2.45) is 5.92 Å². The second kappa shape index (κ2) is 5.99. The number of carboxylic acid groups (broad SMARTS) is 1. The monoisotopic (exact) mass is 292 g/mol. The zero-order chi connectivity index (χ0) is 15.6. The van der Waals surface area contributed by atoms with Crippen LogP contribution in [0.4, 0.5) is 4.39 Å². The van der Waals surface area contributed by atoms with Crippen LogP contribution in [0.5, 0.6) is 0 Å². The van der Waals surface area contributed by atoms with E-state index in [4.69, 9.17) is 5.11 Å². The second-order valence-electron chi connectivity index (χ2n) is 5.32. The van der Waals surface area contributed by atoms with Gasteiger partial charge in [0.15, 0.2) is 5.82 Å². The van der Waals surface area contributed by atoms with Crippen LogP contribution in [0.3, 0.4) is 0 Å². The standard InChI is InChI=1S/C14H17FN4O2/c1-8(2)12(7-13(20)21)19-14(16-17-18-19)11-5-4-10(15)6-9(11)3/h4-6,8,12H,7H2,1-3H3,(H,20,21). The molecule has 0 fully saturated rings. The van der Waals surface area contributed by atoms with E-state index >= 15 is 0 Å². The highest BCUT2D eigenvalue weighted by molar-refractivity contribution is 5.67. The van der Waals surface area contributed by atoms with Crippen LogP contribution < -0.4 is 0 Å². The fraction of sp³-hybridized carbons (Fsp3) is 0.429. The van der Waals surface area contributed by atoms with Gasteiger partial charge in [0.25, 0.3) is 0 Å². The molecule has 0 saturated carbocycles. The van der Waals surface area contributed by atoms with Gasteiger partial charge in [0.05, 0.1) is 12.5 Å². The van der Waals surface area contributed by atoms with Gasteiger partial charge in [-0.3, -0.25) is 4.79 Å². The lowest BCUT2D eigenvalue weighted by atomic mass is 10.00. The Morgan fingerprint density at radius 1 is 1.43 bits per heavy atom. The molecule has 1 aromatic heterocycles. The van der Waals surface area contributed by atoms with Crippen molar-refractivity contribution >= 4 is 5.97 Å². The molecule has 6 nitrogen and oxygen atoms in total. The zero-order valence-electron chi connectivity index (χ0n) is 12.1. The second-order valence-corrected chi connectivity index (χ2v) is 5.32. The van der Waals surface area contributed by atoms with Crippen LogP contribution in [0, 0.1) is 18.7 Å². The number of hydrogen-bond acceptors (Lipinski definition) is 4. The summed E-state index contributed by atoms with van der Waals surface area (Å²) in [6, 6.07) is 3.97. The van der Waals surface area contributed by atoms with E-state index in [0.717, 1.165) is 0 Å². The quantitative estimate of drug-likeness (QED) is 0.915. The highest BCUT2D eigenvalue weighted by Crippen LogP contribution is 2.28. The summed E-state index contributed by atoms with van der Waals surface area (Å²) < 4.78 is 14.7. The van der Waals surface area contributed by atoms with Gasteiger partial charge in [-0.25, -0.2) is 9.07 Å². The van der Waals surface area contributed by atoms with Gasteiger partial charge < -0.3 is 5.11 Å². The molecular formula is C14H17FN4O2. The van der Waals surface area contributed by atoms with E-state index in [9.17, 15) is 9.18 Å². The van der Waals surface area contributed by atoms with Crippen molar-refractivity contribution in [3.63, 3.8) is 0 Å². The topological polar surface area (TPSA) is 80.9 Å². The van der Waals surface area contributed by atoms with Crippen molar-refractivity contribution in [1.29, 1.82) is 0 Å². The molecule has 0 radical (unpaired) electrons. The number of carboxylic acids is 1. The molecule has 0 aliphatic heterocycles. The number of aryl methyl sites for hydroxylation is 1. The molecule has 1 aromatic carbocycles. The minimum absolute atomic E-state index is 0.0455. The van der Waals surface area contributed by atoms with Crippen LogP contribution in [-0.4, -0.2) is 31.3 Å². The van der Waals surface area contributed by atoms with Gasteiger partial charge in [0.1, 0.15) is 5.82 Å². The molecule has 7 heteroatoms. The minimum atomic E-state index is -0.911. The lowest BCUT2D eigenvalue weighted by molar-refractivity contribution is -0.138. The first-order chi connectivity index (χ1) is 9.90. The predicted octanol–water partition coefficient (Wildman–Crippen LogP) is 2.46. The van der Waals surface area contributed by atoms with Gasteiger partial charge in [0, 0.05) is 5.56 Å². The van der Waals surface area contributed by atoms with E-state index in [1.807, 2.05) is 13.8 Å². The molecule has 112 valence electrons. The van der Waals surface area contributed by atoms with Gasteiger partial charge in [0.2, 0.25) is 0 Å². The molecular weight excluding hydrogens is 275 g/mol. The first-order valence-corrected chi connectivity index (χ1v) is 6.66. The number of hydrogen-bond donors (Lipinski definition) is 1. The van der Waals surface area contributed by atoms with Crippen LogP contribution in [0.15, 0.2) is 18.2 Å². The highest BCUT2D eigenvalue weighted by Gasteiger charge is 2.24. The molecule has 0 saturated heterocycles. The van der Waals surface area contributed by atoms with Crippen LogP contribution >= 0.6 is 0 Å². The van der Waals surface area contributed by atoms with Gasteiger partial charge >= 0.3 is 5.97 Å². The number of aliphatic carboxylic acids is 1. The van der Waals surface area contributed by atoms with E-state index in [0.29, 0.717) is 17.0 Å². The molecule has 0 bridgehead atoms. The SMILES string of the molecule is Cc1cc(F)ccc1-c1nnnn1C(CC(=O)O)C(C)C. The van der Waals surface area contributed by atoms with Crippen molar-refractivity contribution < 1.29 is 14.3 Å². The summed E-state index contributed by atoms with van der Waals surface area (Å²) in [5.74, 6) is -0.747. The van der Waals surface area contributed by atoms with E-state index in [-0.39, 0.29) is 24.2 Å². The Morgan fingerprint density at radius 3 is 2.71 bits per heavy atom. The van der Waals surface area contributed by atoms with Crippen molar-refractivity contribution in [3.05, 3.63) is 29.6 Å². The maximum absolute atomic E-state index is 13.2. The summed E-state index contributed by atoms with van der Waals surface area (Å²) in [6.45, 7) is 5.59. The van der Waals surface area contributed by atoms with Crippen molar-refractivity contribution in [3.8, 4) is 11.4 Å². The molecule has 21 heavy (non-hydrogen) atoms. The first kappa shape index (κ1) is 15.1. The summed E-state index contributed by atoms with van der Waals surface area (Å²) >= 11 is 0. The summed E-state index contributed by atoms with van der Waals surface area (Å²) in [7, 11) is 0. The summed E-state index contributed by atoms with van der Waals surface area (Å²) in [5, 5.41) is 20.6. The molecule has 2 rings (SSSR count). The van der Waals surface area contributed by atoms with Crippen molar-refractivity contribution in [2.75, 3.05) is 0 Å². The molecule has 1 unspecified atom stereocenters. The fourth-order valence-corrected chi connectivity index (χ4v) is 2.26. The van der Waals surface area contributed by atoms with Crippen LogP contribution in [0.2, 0.25) is 0 Å². The van der Waals surface area contributed by atoms with E-state index < -0.39 is 5.97 Å². The Hall–Kier alpha value is -2.31. The Labute approximate surface area is 121 Å². The van der Waals surface area contributed by atoms with Gasteiger partial charge in [-0.2, -0.15) is 0 Å². The number of benzene rings is 1. The first-order valence-electron chi connectivity index (χ1n) is 6.66. The van der Waals surface area contributed by atoms with Crippen molar-refractivity contribution in [2.45, 2.75) is 33.2 Å². The van der Waals surface area contributed by atoms with Crippen LogP contribution in [0.25, 0.3) is 11.4 Å². The smallest absolute Gasteiger partial charge is 0.305 e. The summed E-state index contributed by atoms with van der Waals surface area (Å²) in [4.78, 5) is 11.0. The Kier molecular flexibility index (Phi) is 4.30. The third-order valence-corrected chi connectivity index (χ3v) is 3.39. The Morgan fingerprint density at radius 2 is 2.14 bits per heavy atom. The summed E-state index contributed by atoms with van der Waals surface area (Å²) in [6.07, 6.45) is -0.0735. The molecule has 0 spiro atoms. The minimum Gasteiger partial charge on any atom is -0.481 e. The lowest BCUT2D eigenvalue weighted by Gasteiger charge is -2.20. The number of tetrazole rings is 1. The predicted molar refractivity (Wildman–Crippen MR) is 74.1 cm³/mol. The molecule has 1 atom stereocenters. The Bertz CT molecular complexity index is 654. The van der Waals surface area contributed by atoms with Gasteiger partial charge in [-0.05, 0) is 47.0 Å². The maximum Gasteiger partial charge on any atom is 0.305 e. The van der Waals surface area contributed by atoms with E-state index in [2.05, 4.69) is 15.5 Å². The van der Waals surface area contributed by atoms with Gasteiger partial charge in [-0.15, -0.1) is 5.10 Å².